The third-order valence-corrected chi connectivity index (χ3v) is 7.51. The van der Waals surface area contributed by atoms with Crippen molar-refractivity contribution in [2.24, 2.45) is 5.92 Å². The van der Waals surface area contributed by atoms with E-state index in [0.29, 0.717) is 42.1 Å². The molecule has 2 fully saturated rings. The molecule has 0 unspecified atom stereocenters. The Morgan fingerprint density at radius 3 is 2.54 bits per heavy atom. The molecule has 7 heteroatoms. The Morgan fingerprint density at radius 2 is 1.89 bits per heavy atom. The van der Waals surface area contributed by atoms with Crippen LogP contribution in [0.4, 0.5) is 4.79 Å². The minimum absolute atomic E-state index is 0.0871. The topological polar surface area (TPSA) is 71.8 Å². The van der Waals surface area contributed by atoms with E-state index in [1.807, 2.05) is 45.0 Å². The Kier molecular flexibility index (Phi) is 6.26. The van der Waals surface area contributed by atoms with Crippen molar-refractivity contribution in [1.29, 1.82) is 0 Å². The summed E-state index contributed by atoms with van der Waals surface area (Å²) in [6, 6.07) is 13.9. The molecular formula is C28H31BrN2O4. The van der Waals surface area contributed by atoms with Gasteiger partial charge in [0.25, 0.3) is 5.56 Å². The monoisotopic (exact) mass is 538 g/mol. The van der Waals surface area contributed by atoms with Crippen LogP contribution in [0.5, 0.6) is 0 Å². The number of aliphatic hydroxyl groups is 1. The van der Waals surface area contributed by atoms with E-state index >= 15 is 0 Å². The number of carbonyl (C=O) groups excluding carboxylic acids is 1. The number of pyridine rings is 1. The number of amides is 1. The standard InChI is InChI=1S/C28H31BrN2O4/c1-28(2,3)35-27(34)30-14-17(15-30)11-21-13-20-12-19(18-7-8-18)9-10-22(20)26(33)31(21)25-6-4-5-24(29)23(25)16-32/h4-6,9-10,12-13,17-18,32H,7-8,11,14-16H2,1-3H3. The molecular weight excluding hydrogens is 508 g/mol. The SMILES string of the molecule is CC(C)(C)OC(=O)N1CC(Cc2cc3cc(C4CC4)ccc3c(=O)n2-c2cccc(Br)c2CO)C1. The molecule has 2 heterocycles. The second-order valence-corrected chi connectivity index (χ2v) is 11.6. The fourth-order valence-corrected chi connectivity index (χ4v) is 5.34. The predicted molar refractivity (Wildman–Crippen MR) is 140 cm³/mol. The van der Waals surface area contributed by atoms with Crippen LogP contribution < -0.4 is 5.56 Å². The second kappa shape index (κ2) is 9.10. The first kappa shape index (κ1) is 24.1. The molecule has 5 rings (SSSR count). The summed E-state index contributed by atoms with van der Waals surface area (Å²) >= 11 is 3.53. The average Bonchev–Trinajstić information content (AvgIpc) is 3.60. The molecule has 2 aliphatic rings. The summed E-state index contributed by atoms with van der Waals surface area (Å²) in [5.41, 5.74) is 2.92. The molecule has 1 N–H and O–H groups in total. The number of aliphatic hydroxyl groups excluding tert-OH is 1. The van der Waals surface area contributed by atoms with Gasteiger partial charge < -0.3 is 14.7 Å². The number of hydrogen-bond acceptors (Lipinski definition) is 4. The van der Waals surface area contributed by atoms with Crippen LogP contribution in [-0.4, -0.2) is 39.4 Å². The molecule has 0 atom stereocenters. The first-order chi connectivity index (χ1) is 16.6. The van der Waals surface area contributed by atoms with Gasteiger partial charge in [-0.05, 0) is 87.1 Å². The van der Waals surface area contributed by atoms with Gasteiger partial charge in [-0.25, -0.2) is 4.79 Å². The number of likely N-dealkylation sites (tertiary alicyclic amines) is 1. The number of rotatable bonds is 5. The van der Waals surface area contributed by atoms with Crippen molar-refractivity contribution in [1.82, 2.24) is 9.47 Å². The Bertz CT molecular complexity index is 1350. The maximum Gasteiger partial charge on any atom is 0.410 e. The zero-order valence-corrected chi connectivity index (χ0v) is 22.0. The normalized spacial score (nSPS) is 16.4. The molecule has 6 nitrogen and oxygen atoms in total. The van der Waals surface area contributed by atoms with Crippen molar-refractivity contribution in [2.75, 3.05) is 13.1 Å². The fraction of sp³-hybridized carbons (Fsp3) is 0.429. The maximum atomic E-state index is 13.8. The highest BCUT2D eigenvalue weighted by Crippen LogP contribution is 2.41. The van der Waals surface area contributed by atoms with Crippen LogP contribution >= 0.6 is 15.9 Å². The van der Waals surface area contributed by atoms with E-state index in [1.54, 1.807) is 9.47 Å². The lowest BCUT2D eigenvalue weighted by atomic mass is 9.93. The zero-order chi connectivity index (χ0) is 24.9. The minimum Gasteiger partial charge on any atom is -0.444 e. The number of halogens is 1. The van der Waals surface area contributed by atoms with E-state index < -0.39 is 5.60 Å². The summed E-state index contributed by atoms with van der Waals surface area (Å²) in [7, 11) is 0. The molecule has 0 spiro atoms. The van der Waals surface area contributed by atoms with Crippen molar-refractivity contribution in [3.63, 3.8) is 0 Å². The Balaban J connectivity index is 1.53. The van der Waals surface area contributed by atoms with Gasteiger partial charge in [0.1, 0.15) is 5.60 Å². The molecule has 1 amide bonds. The molecule has 1 aliphatic carbocycles. The van der Waals surface area contributed by atoms with E-state index in [4.69, 9.17) is 4.74 Å². The number of carbonyl (C=O) groups is 1. The fourth-order valence-electron chi connectivity index (χ4n) is 4.86. The highest BCUT2D eigenvalue weighted by Gasteiger charge is 2.34. The maximum absolute atomic E-state index is 13.8. The van der Waals surface area contributed by atoms with Gasteiger partial charge in [-0.1, -0.05) is 34.1 Å². The van der Waals surface area contributed by atoms with Gasteiger partial charge in [0, 0.05) is 34.2 Å². The number of aromatic nitrogens is 1. The van der Waals surface area contributed by atoms with E-state index in [2.05, 4.69) is 34.1 Å². The summed E-state index contributed by atoms with van der Waals surface area (Å²) in [4.78, 5) is 27.9. The number of benzene rings is 2. The molecule has 1 aliphatic heterocycles. The predicted octanol–water partition coefficient (Wildman–Crippen LogP) is 5.53. The van der Waals surface area contributed by atoms with Crippen LogP contribution in [0.3, 0.4) is 0 Å². The van der Waals surface area contributed by atoms with Gasteiger partial charge in [-0.2, -0.15) is 0 Å². The molecule has 1 saturated heterocycles. The molecule has 1 aromatic heterocycles. The van der Waals surface area contributed by atoms with Gasteiger partial charge >= 0.3 is 6.09 Å². The van der Waals surface area contributed by atoms with Crippen LogP contribution in [0.1, 0.15) is 56.4 Å². The molecule has 184 valence electrons. The van der Waals surface area contributed by atoms with E-state index in [1.165, 1.54) is 18.4 Å². The third kappa shape index (κ3) is 4.89. The number of nitrogens with zero attached hydrogens (tertiary/aromatic N) is 2. The van der Waals surface area contributed by atoms with Crippen LogP contribution in [0.2, 0.25) is 0 Å². The first-order valence-electron chi connectivity index (χ1n) is 12.2. The summed E-state index contributed by atoms with van der Waals surface area (Å²) in [5, 5.41) is 11.7. The largest absolute Gasteiger partial charge is 0.444 e. The Hall–Kier alpha value is -2.64. The molecule has 0 radical (unpaired) electrons. The molecule has 0 bridgehead atoms. The lowest BCUT2D eigenvalue weighted by Crippen LogP contribution is -2.52. The van der Waals surface area contributed by atoms with Crippen LogP contribution in [0, 0.1) is 5.92 Å². The van der Waals surface area contributed by atoms with Crippen molar-refractivity contribution in [3.05, 3.63) is 74.1 Å². The minimum atomic E-state index is -0.526. The van der Waals surface area contributed by atoms with E-state index in [0.717, 1.165) is 15.6 Å². The Morgan fingerprint density at radius 1 is 1.14 bits per heavy atom. The summed E-state index contributed by atoms with van der Waals surface area (Å²) in [6.07, 6.45) is 2.76. The van der Waals surface area contributed by atoms with E-state index in [9.17, 15) is 14.7 Å². The summed E-state index contributed by atoms with van der Waals surface area (Å²) < 4.78 is 8.00. The van der Waals surface area contributed by atoms with Crippen molar-refractivity contribution in [3.8, 4) is 5.69 Å². The van der Waals surface area contributed by atoms with E-state index in [-0.39, 0.29) is 24.2 Å². The van der Waals surface area contributed by atoms with Crippen molar-refractivity contribution in [2.45, 2.75) is 58.2 Å². The third-order valence-electron chi connectivity index (χ3n) is 6.77. The van der Waals surface area contributed by atoms with Crippen LogP contribution in [-0.2, 0) is 17.8 Å². The second-order valence-electron chi connectivity index (χ2n) is 10.7. The number of hydrogen-bond donors (Lipinski definition) is 1. The molecule has 35 heavy (non-hydrogen) atoms. The van der Waals surface area contributed by atoms with Gasteiger partial charge in [-0.3, -0.25) is 9.36 Å². The van der Waals surface area contributed by atoms with Crippen molar-refractivity contribution < 1.29 is 14.6 Å². The first-order valence-corrected chi connectivity index (χ1v) is 13.0. The quantitative estimate of drug-likeness (QED) is 0.463. The smallest absolute Gasteiger partial charge is 0.410 e. The lowest BCUT2D eigenvalue weighted by Gasteiger charge is -2.40. The Labute approximate surface area is 213 Å². The highest BCUT2D eigenvalue weighted by atomic mass is 79.9. The van der Waals surface area contributed by atoms with Crippen molar-refractivity contribution >= 4 is 32.8 Å². The molecule has 2 aromatic carbocycles. The number of fused-ring (bicyclic) bond motifs is 1. The van der Waals surface area contributed by atoms with Gasteiger partial charge in [0.2, 0.25) is 0 Å². The number of ether oxygens (including phenoxy) is 1. The van der Waals surface area contributed by atoms with Crippen LogP contribution in [0.15, 0.2) is 51.7 Å². The highest BCUT2D eigenvalue weighted by molar-refractivity contribution is 9.10. The van der Waals surface area contributed by atoms with Crippen LogP contribution in [0.25, 0.3) is 16.5 Å². The summed E-state index contributed by atoms with van der Waals surface area (Å²) in [6.45, 7) is 6.59. The van der Waals surface area contributed by atoms with Gasteiger partial charge in [0.05, 0.1) is 12.3 Å². The van der Waals surface area contributed by atoms with Gasteiger partial charge in [0.15, 0.2) is 0 Å². The zero-order valence-electron chi connectivity index (χ0n) is 20.4. The summed E-state index contributed by atoms with van der Waals surface area (Å²) in [5.74, 6) is 0.826. The average molecular weight is 539 g/mol. The molecule has 1 saturated carbocycles. The van der Waals surface area contributed by atoms with Gasteiger partial charge in [-0.15, -0.1) is 0 Å². The molecule has 3 aromatic rings. The lowest BCUT2D eigenvalue weighted by molar-refractivity contribution is -0.00107.